The second kappa shape index (κ2) is 7.94. The summed E-state index contributed by atoms with van der Waals surface area (Å²) in [6.07, 6.45) is 4.65. The molecule has 0 bridgehead atoms. The van der Waals surface area contributed by atoms with E-state index >= 15 is 0 Å². The molecule has 1 N–H and O–H groups in total. The number of rotatable bonds is 5. The van der Waals surface area contributed by atoms with Gasteiger partial charge in [-0.25, -0.2) is 0 Å². The number of carbonyl (C=O) groups excluding carboxylic acids is 1. The normalized spacial score (nSPS) is 14.5. The van der Waals surface area contributed by atoms with E-state index in [1.807, 2.05) is 24.3 Å². The number of aldehydes is 1. The highest BCUT2D eigenvalue weighted by Crippen LogP contribution is 2.37. The van der Waals surface area contributed by atoms with E-state index < -0.39 is 0 Å². The average molecular weight is 377 g/mol. The van der Waals surface area contributed by atoms with E-state index in [0.717, 1.165) is 36.3 Å². The zero-order valence-electron chi connectivity index (χ0n) is 13.6. The van der Waals surface area contributed by atoms with Crippen molar-refractivity contribution in [1.82, 2.24) is 0 Å². The molecule has 0 atom stereocenters. The Bertz CT molecular complexity index is 828. The molecular formula is C20H18Cl2O3. The summed E-state index contributed by atoms with van der Waals surface area (Å²) in [5.41, 5.74) is 3.49. The van der Waals surface area contributed by atoms with Crippen molar-refractivity contribution in [2.24, 2.45) is 0 Å². The van der Waals surface area contributed by atoms with Gasteiger partial charge in [0.2, 0.25) is 0 Å². The van der Waals surface area contributed by atoms with Gasteiger partial charge in [0.05, 0.1) is 10.6 Å². The van der Waals surface area contributed by atoms with Crippen LogP contribution in [-0.4, -0.2) is 18.0 Å². The lowest BCUT2D eigenvalue weighted by Gasteiger charge is -2.22. The van der Waals surface area contributed by atoms with Gasteiger partial charge in [-0.3, -0.25) is 4.79 Å². The van der Waals surface area contributed by atoms with E-state index in [-0.39, 0.29) is 16.3 Å². The highest BCUT2D eigenvalue weighted by atomic mass is 35.5. The van der Waals surface area contributed by atoms with E-state index in [0.29, 0.717) is 18.6 Å². The SMILES string of the molecule is O=Cc1c(OCC2=C(c3ccccc3Cl)CCCC2)ccc(Cl)c1O. The molecule has 0 heterocycles. The lowest BCUT2D eigenvalue weighted by atomic mass is 9.87. The molecule has 0 saturated carbocycles. The fourth-order valence-electron chi connectivity index (χ4n) is 3.13. The van der Waals surface area contributed by atoms with Crippen LogP contribution >= 0.6 is 23.2 Å². The molecule has 2 aromatic rings. The summed E-state index contributed by atoms with van der Waals surface area (Å²) >= 11 is 12.2. The maximum absolute atomic E-state index is 11.3. The zero-order chi connectivity index (χ0) is 17.8. The van der Waals surface area contributed by atoms with E-state index in [2.05, 4.69) is 0 Å². The summed E-state index contributed by atoms with van der Waals surface area (Å²) < 4.78 is 5.84. The van der Waals surface area contributed by atoms with Crippen molar-refractivity contribution in [2.45, 2.75) is 25.7 Å². The van der Waals surface area contributed by atoms with Crippen molar-refractivity contribution in [3.05, 3.63) is 63.1 Å². The van der Waals surface area contributed by atoms with Crippen LogP contribution in [-0.2, 0) is 0 Å². The third-order valence-corrected chi connectivity index (χ3v) is 5.06. The third kappa shape index (κ3) is 3.83. The highest BCUT2D eigenvalue weighted by molar-refractivity contribution is 6.32. The topological polar surface area (TPSA) is 46.5 Å². The standard InChI is InChI=1S/C20H18Cl2O3/c21-17-8-4-3-7-15(17)14-6-2-1-5-13(14)12-25-19-10-9-18(22)20(24)16(19)11-23/h3-4,7-11,24H,1-2,5-6,12H2. The lowest BCUT2D eigenvalue weighted by molar-refractivity contribution is 0.111. The quantitative estimate of drug-likeness (QED) is 0.658. The van der Waals surface area contributed by atoms with Crippen LogP contribution in [0.4, 0.5) is 0 Å². The zero-order valence-corrected chi connectivity index (χ0v) is 15.1. The molecule has 130 valence electrons. The summed E-state index contributed by atoms with van der Waals surface area (Å²) in [6, 6.07) is 10.9. The van der Waals surface area contributed by atoms with E-state index in [1.54, 1.807) is 6.07 Å². The van der Waals surface area contributed by atoms with Crippen LogP contribution in [0.5, 0.6) is 11.5 Å². The van der Waals surface area contributed by atoms with Crippen molar-refractivity contribution in [2.75, 3.05) is 6.61 Å². The fraction of sp³-hybridized carbons (Fsp3) is 0.250. The number of halogens is 2. The van der Waals surface area contributed by atoms with Gasteiger partial charge in [-0.05, 0) is 60.6 Å². The smallest absolute Gasteiger partial charge is 0.157 e. The summed E-state index contributed by atoms with van der Waals surface area (Å²) in [5.74, 6) is 0.0756. The minimum absolute atomic E-state index is 0.0724. The van der Waals surface area contributed by atoms with Crippen molar-refractivity contribution in [3.8, 4) is 11.5 Å². The van der Waals surface area contributed by atoms with Crippen LogP contribution < -0.4 is 4.74 Å². The molecule has 1 aliphatic carbocycles. The average Bonchev–Trinajstić information content (AvgIpc) is 2.63. The van der Waals surface area contributed by atoms with Crippen molar-refractivity contribution < 1.29 is 14.6 Å². The van der Waals surface area contributed by atoms with Gasteiger partial charge in [-0.1, -0.05) is 41.4 Å². The first kappa shape index (κ1) is 17.8. The van der Waals surface area contributed by atoms with Crippen LogP contribution in [0.2, 0.25) is 10.0 Å². The number of carbonyl (C=O) groups is 1. The van der Waals surface area contributed by atoms with E-state index in [9.17, 15) is 9.90 Å². The molecule has 0 fully saturated rings. The summed E-state index contributed by atoms with van der Waals surface area (Å²) in [4.78, 5) is 11.3. The van der Waals surface area contributed by atoms with Gasteiger partial charge in [-0.15, -0.1) is 0 Å². The predicted molar refractivity (Wildman–Crippen MR) is 101 cm³/mol. The second-order valence-corrected chi connectivity index (χ2v) is 6.80. The van der Waals surface area contributed by atoms with Gasteiger partial charge in [0.25, 0.3) is 0 Å². The van der Waals surface area contributed by atoms with Crippen LogP contribution in [0.1, 0.15) is 41.6 Å². The van der Waals surface area contributed by atoms with Crippen LogP contribution in [0.3, 0.4) is 0 Å². The molecule has 3 rings (SSSR count). The maximum atomic E-state index is 11.3. The summed E-state index contributed by atoms with van der Waals surface area (Å²) in [7, 11) is 0. The van der Waals surface area contributed by atoms with Gasteiger partial charge in [0.15, 0.2) is 6.29 Å². The van der Waals surface area contributed by atoms with Crippen LogP contribution in [0, 0.1) is 0 Å². The molecule has 0 amide bonds. The Hall–Kier alpha value is -1.97. The number of hydrogen-bond acceptors (Lipinski definition) is 3. The minimum atomic E-state index is -0.252. The summed E-state index contributed by atoms with van der Waals surface area (Å²) in [5, 5.41) is 10.8. The molecular weight excluding hydrogens is 359 g/mol. The molecule has 0 radical (unpaired) electrons. The molecule has 3 nitrogen and oxygen atoms in total. The number of allylic oxidation sites excluding steroid dienone is 1. The highest BCUT2D eigenvalue weighted by Gasteiger charge is 2.18. The molecule has 1 aliphatic rings. The van der Waals surface area contributed by atoms with Gasteiger partial charge in [0.1, 0.15) is 18.1 Å². The van der Waals surface area contributed by atoms with Crippen LogP contribution in [0.25, 0.3) is 5.57 Å². The second-order valence-electron chi connectivity index (χ2n) is 5.98. The molecule has 0 saturated heterocycles. The molecule has 25 heavy (non-hydrogen) atoms. The first-order valence-electron chi connectivity index (χ1n) is 8.17. The van der Waals surface area contributed by atoms with Gasteiger partial charge < -0.3 is 9.84 Å². The number of phenols is 1. The monoisotopic (exact) mass is 376 g/mol. The lowest BCUT2D eigenvalue weighted by Crippen LogP contribution is -2.09. The fourth-order valence-corrected chi connectivity index (χ4v) is 3.54. The van der Waals surface area contributed by atoms with E-state index in [1.165, 1.54) is 17.2 Å². The third-order valence-electron chi connectivity index (χ3n) is 4.43. The number of phenolic OH excluding ortho intramolecular Hbond substituents is 1. The summed E-state index contributed by atoms with van der Waals surface area (Å²) in [6.45, 7) is 0.350. The Kier molecular flexibility index (Phi) is 5.67. The molecule has 0 unspecified atom stereocenters. The largest absolute Gasteiger partial charge is 0.505 e. The number of aromatic hydroxyl groups is 1. The molecule has 2 aromatic carbocycles. The Balaban J connectivity index is 1.90. The number of hydrogen-bond donors (Lipinski definition) is 1. The van der Waals surface area contributed by atoms with Crippen LogP contribution in [0.15, 0.2) is 42.0 Å². The van der Waals surface area contributed by atoms with Gasteiger partial charge >= 0.3 is 0 Å². The molecule has 0 aromatic heterocycles. The Morgan fingerprint density at radius 1 is 1.04 bits per heavy atom. The predicted octanol–water partition coefficient (Wildman–Crippen LogP) is 5.92. The molecule has 0 aliphatic heterocycles. The first-order chi connectivity index (χ1) is 12.1. The van der Waals surface area contributed by atoms with Crippen molar-refractivity contribution in [3.63, 3.8) is 0 Å². The maximum Gasteiger partial charge on any atom is 0.157 e. The Morgan fingerprint density at radius 3 is 2.56 bits per heavy atom. The Morgan fingerprint density at radius 2 is 1.80 bits per heavy atom. The van der Waals surface area contributed by atoms with E-state index in [4.69, 9.17) is 27.9 Å². The van der Waals surface area contributed by atoms with Crippen molar-refractivity contribution in [1.29, 1.82) is 0 Å². The first-order valence-corrected chi connectivity index (χ1v) is 8.92. The minimum Gasteiger partial charge on any atom is -0.505 e. The number of ether oxygens (including phenoxy) is 1. The molecule has 5 heteroatoms. The Labute approximate surface area is 156 Å². The van der Waals surface area contributed by atoms with Gasteiger partial charge in [0, 0.05) is 5.02 Å². The van der Waals surface area contributed by atoms with Crippen molar-refractivity contribution >= 4 is 35.1 Å². The van der Waals surface area contributed by atoms with Gasteiger partial charge in [-0.2, -0.15) is 0 Å². The molecule has 0 spiro atoms. The number of benzene rings is 2.